The van der Waals surface area contributed by atoms with Crippen molar-refractivity contribution >= 4 is 17.9 Å². The standard InChI is InChI=1S/C30H35NO6S/c1-38-26-14-8-23(9-15-26)21-37-28-19-31(30(33)34)18-27(32)29(28)24-10-12-25(13-11-24)36-17-5-16-35-20-22-6-3-2-4-7-22/h2-4,6-15,27-29,32H,5,16-21H2,1H3,(H,33,34). The second-order valence-corrected chi connectivity index (χ2v) is 10.2. The molecule has 38 heavy (non-hydrogen) atoms. The number of hydrogen-bond acceptors (Lipinski definition) is 6. The molecule has 1 amide bonds. The lowest BCUT2D eigenvalue weighted by Gasteiger charge is -2.40. The van der Waals surface area contributed by atoms with Gasteiger partial charge in [0, 0.05) is 17.2 Å². The van der Waals surface area contributed by atoms with Crippen molar-refractivity contribution in [2.75, 3.05) is 32.6 Å². The van der Waals surface area contributed by atoms with Crippen molar-refractivity contribution < 1.29 is 29.2 Å². The normalized spacial score (nSPS) is 19.3. The molecule has 0 bridgehead atoms. The first-order valence-electron chi connectivity index (χ1n) is 12.8. The number of hydrogen-bond donors (Lipinski definition) is 2. The molecule has 0 spiro atoms. The minimum atomic E-state index is -1.06. The molecule has 4 rings (SSSR count). The van der Waals surface area contributed by atoms with Gasteiger partial charge in [0.1, 0.15) is 5.75 Å². The summed E-state index contributed by atoms with van der Waals surface area (Å²) >= 11 is 1.67. The first-order valence-corrected chi connectivity index (χ1v) is 14.0. The van der Waals surface area contributed by atoms with E-state index in [1.54, 1.807) is 11.8 Å². The van der Waals surface area contributed by atoms with Gasteiger partial charge >= 0.3 is 6.09 Å². The van der Waals surface area contributed by atoms with E-state index in [2.05, 4.69) is 0 Å². The number of aliphatic hydroxyl groups is 1. The first-order chi connectivity index (χ1) is 18.5. The average molecular weight is 538 g/mol. The average Bonchev–Trinajstić information content (AvgIpc) is 2.94. The maximum Gasteiger partial charge on any atom is 0.407 e. The Hall–Kier alpha value is -3.04. The zero-order chi connectivity index (χ0) is 26.7. The molecular formula is C30H35NO6S. The van der Waals surface area contributed by atoms with E-state index in [0.29, 0.717) is 26.4 Å². The van der Waals surface area contributed by atoms with Crippen molar-refractivity contribution in [3.8, 4) is 5.75 Å². The Morgan fingerprint density at radius 3 is 2.32 bits per heavy atom. The van der Waals surface area contributed by atoms with Crippen LogP contribution < -0.4 is 4.74 Å². The lowest BCUT2D eigenvalue weighted by atomic mass is 9.84. The molecule has 3 aromatic carbocycles. The predicted octanol–water partition coefficient (Wildman–Crippen LogP) is 5.42. The number of aliphatic hydroxyl groups excluding tert-OH is 1. The molecular weight excluding hydrogens is 502 g/mol. The Morgan fingerprint density at radius 2 is 1.63 bits per heavy atom. The highest BCUT2D eigenvalue weighted by molar-refractivity contribution is 7.98. The van der Waals surface area contributed by atoms with Crippen LogP contribution in [0.3, 0.4) is 0 Å². The minimum Gasteiger partial charge on any atom is -0.494 e. The third kappa shape index (κ3) is 7.98. The Balaban J connectivity index is 1.31. The van der Waals surface area contributed by atoms with Crippen LogP contribution in [0.15, 0.2) is 83.8 Å². The van der Waals surface area contributed by atoms with E-state index in [1.165, 1.54) is 9.80 Å². The molecule has 202 valence electrons. The van der Waals surface area contributed by atoms with Crippen LogP contribution in [0.5, 0.6) is 5.75 Å². The third-order valence-electron chi connectivity index (χ3n) is 6.59. The van der Waals surface area contributed by atoms with Gasteiger partial charge in [-0.15, -0.1) is 11.8 Å². The molecule has 1 aliphatic heterocycles. The molecule has 2 N–H and O–H groups in total. The molecule has 1 aliphatic rings. The zero-order valence-electron chi connectivity index (χ0n) is 21.6. The van der Waals surface area contributed by atoms with Crippen molar-refractivity contribution in [2.24, 2.45) is 0 Å². The van der Waals surface area contributed by atoms with E-state index in [4.69, 9.17) is 14.2 Å². The van der Waals surface area contributed by atoms with E-state index in [-0.39, 0.29) is 19.0 Å². The number of benzene rings is 3. The SMILES string of the molecule is CSc1ccc(COC2CN(C(=O)O)CC(O)C2c2ccc(OCCCOCc3ccccc3)cc2)cc1. The van der Waals surface area contributed by atoms with Gasteiger partial charge in [-0.1, -0.05) is 54.6 Å². The van der Waals surface area contributed by atoms with Crippen LogP contribution >= 0.6 is 11.8 Å². The number of ether oxygens (including phenoxy) is 3. The van der Waals surface area contributed by atoms with Gasteiger partial charge in [0.15, 0.2) is 0 Å². The van der Waals surface area contributed by atoms with Crippen molar-refractivity contribution in [3.63, 3.8) is 0 Å². The van der Waals surface area contributed by atoms with E-state index >= 15 is 0 Å². The number of β-amino-alcohol motifs (C(OH)–C–C–N with tert-alkyl or cyclic N) is 1. The highest BCUT2D eigenvalue weighted by atomic mass is 32.2. The van der Waals surface area contributed by atoms with Crippen molar-refractivity contribution in [1.29, 1.82) is 0 Å². The summed E-state index contributed by atoms with van der Waals surface area (Å²) in [5.41, 5.74) is 3.04. The molecule has 7 nitrogen and oxygen atoms in total. The monoisotopic (exact) mass is 537 g/mol. The molecule has 1 fully saturated rings. The quantitative estimate of drug-likeness (QED) is 0.236. The van der Waals surface area contributed by atoms with Gasteiger partial charge in [-0.3, -0.25) is 0 Å². The molecule has 8 heteroatoms. The first kappa shape index (κ1) is 28.0. The summed E-state index contributed by atoms with van der Waals surface area (Å²) in [5.74, 6) is 0.386. The van der Waals surface area contributed by atoms with Crippen LogP contribution in [0, 0.1) is 0 Å². The topological polar surface area (TPSA) is 88.5 Å². The summed E-state index contributed by atoms with van der Waals surface area (Å²) < 4.78 is 17.8. The third-order valence-corrected chi connectivity index (χ3v) is 7.34. The van der Waals surface area contributed by atoms with Gasteiger partial charge in [0.25, 0.3) is 0 Å². The predicted molar refractivity (Wildman–Crippen MR) is 148 cm³/mol. The summed E-state index contributed by atoms with van der Waals surface area (Å²) in [6, 6.07) is 25.8. The molecule has 1 saturated heterocycles. The number of nitrogens with zero attached hydrogens (tertiary/aromatic N) is 1. The second-order valence-electron chi connectivity index (χ2n) is 9.29. The highest BCUT2D eigenvalue weighted by Gasteiger charge is 2.39. The fourth-order valence-electron chi connectivity index (χ4n) is 4.57. The van der Waals surface area contributed by atoms with Crippen LogP contribution in [0.25, 0.3) is 0 Å². The summed E-state index contributed by atoms with van der Waals surface area (Å²) in [7, 11) is 0. The van der Waals surface area contributed by atoms with Crippen LogP contribution in [0.2, 0.25) is 0 Å². The maximum absolute atomic E-state index is 11.6. The molecule has 0 saturated carbocycles. The summed E-state index contributed by atoms with van der Waals surface area (Å²) in [4.78, 5) is 14.0. The minimum absolute atomic E-state index is 0.0452. The van der Waals surface area contributed by atoms with Gasteiger partial charge < -0.3 is 29.3 Å². The largest absolute Gasteiger partial charge is 0.494 e. The Morgan fingerprint density at radius 1 is 0.921 bits per heavy atom. The molecule has 3 aromatic rings. The van der Waals surface area contributed by atoms with Crippen LogP contribution in [0.1, 0.15) is 29.0 Å². The van der Waals surface area contributed by atoms with Crippen LogP contribution in [-0.2, 0) is 22.7 Å². The summed E-state index contributed by atoms with van der Waals surface area (Å²) in [5, 5.41) is 20.5. The van der Waals surface area contributed by atoms with E-state index in [9.17, 15) is 15.0 Å². The lowest BCUT2D eigenvalue weighted by molar-refractivity contribution is -0.0660. The van der Waals surface area contributed by atoms with Crippen LogP contribution in [-0.4, -0.2) is 66.0 Å². The number of carbonyl (C=O) groups is 1. The Labute approximate surface area is 228 Å². The lowest BCUT2D eigenvalue weighted by Crippen LogP contribution is -2.53. The molecule has 3 unspecified atom stereocenters. The molecule has 1 heterocycles. The van der Waals surface area contributed by atoms with E-state index in [0.717, 1.165) is 28.9 Å². The number of carboxylic acid groups (broad SMARTS) is 1. The fraction of sp³-hybridized carbons (Fsp3) is 0.367. The maximum atomic E-state index is 11.6. The second kappa shape index (κ2) is 14.2. The zero-order valence-corrected chi connectivity index (χ0v) is 22.4. The van der Waals surface area contributed by atoms with E-state index < -0.39 is 18.3 Å². The number of rotatable bonds is 12. The fourth-order valence-corrected chi connectivity index (χ4v) is 4.98. The Bertz CT molecular complexity index is 1130. The molecule has 0 aromatic heterocycles. The van der Waals surface area contributed by atoms with Crippen molar-refractivity contribution in [3.05, 3.63) is 95.6 Å². The van der Waals surface area contributed by atoms with Crippen LogP contribution in [0.4, 0.5) is 4.79 Å². The number of likely N-dealkylation sites (tertiary alicyclic amines) is 1. The van der Waals surface area contributed by atoms with E-state index in [1.807, 2.05) is 85.1 Å². The van der Waals surface area contributed by atoms with Gasteiger partial charge in [-0.25, -0.2) is 4.79 Å². The van der Waals surface area contributed by atoms with Crippen molar-refractivity contribution in [2.45, 2.75) is 42.7 Å². The highest BCUT2D eigenvalue weighted by Crippen LogP contribution is 2.33. The van der Waals surface area contributed by atoms with Gasteiger partial charge in [0.05, 0.1) is 51.7 Å². The summed E-state index contributed by atoms with van der Waals surface area (Å²) in [6.07, 6.45) is 0.380. The van der Waals surface area contributed by atoms with Gasteiger partial charge in [-0.2, -0.15) is 0 Å². The smallest absolute Gasteiger partial charge is 0.407 e. The van der Waals surface area contributed by atoms with Gasteiger partial charge in [0.2, 0.25) is 0 Å². The van der Waals surface area contributed by atoms with Crippen molar-refractivity contribution in [1.82, 2.24) is 4.90 Å². The van der Waals surface area contributed by atoms with Gasteiger partial charge in [-0.05, 0) is 47.2 Å². The summed E-state index contributed by atoms with van der Waals surface area (Å²) in [6.45, 7) is 2.31. The number of thioether (sulfide) groups is 1. The molecule has 0 radical (unpaired) electrons. The molecule has 3 atom stereocenters. The number of piperidine rings is 1. The Kier molecular flexibility index (Phi) is 10.5. The number of amides is 1. The molecule has 0 aliphatic carbocycles.